The predicted octanol–water partition coefficient (Wildman–Crippen LogP) is 1.36. The van der Waals surface area contributed by atoms with Gasteiger partial charge in [0.1, 0.15) is 12.2 Å². The molecule has 4 rings (SSSR count). The van der Waals surface area contributed by atoms with Crippen molar-refractivity contribution < 1.29 is 14.2 Å². The third kappa shape index (κ3) is 1.52. The summed E-state index contributed by atoms with van der Waals surface area (Å²) in [6.07, 6.45) is 7.27. The van der Waals surface area contributed by atoms with Crippen LogP contribution in [-0.2, 0) is 14.2 Å². The molecule has 3 heteroatoms. The van der Waals surface area contributed by atoms with Crippen LogP contribution in [0.4, 0.5) is 0 Å². The van der Waals surface area contributed by atoms with Gasteiger partial charge in [-0.05, 0) is 31.1 Å². The van der Waals surface area contributed by atoms with Crippen LogP contribution < -0.4 is 0 Å². The van der Waals surface area contributed by atoms with Gasteiger partial charge < -0.3 is 14.2 Å². The molecule has 0 aromatic carbocycles. The lowest BCUT2D eigenvalue weighted by atomic mass is 9.77. The Morgan fingerprint density at radius 1 is 0.800 bits per heavy atom. The first kappa shape index (κ1) is 8.97. The normalized spacial score (nSPS) is 57.6. The van der Waals surface area contributed by atoms with Crippen molar-refractivity contribution in [3.63, 3.8) is 0 Å². The molecular weight excluding hydrogens is 192 g/mol. The van der Waals surface area contributed by atoms with Crippen LogP contribution in [0, 0.1) is 11.8 Å². The van der Waals surface area contributed by atoms with Crippen LogP contribution in [0.2, 0.25) is 0 Å². The highest BCUT2D eigenvalue weighted by Gasteiger charge is 2.52. The van der Waals surface area contributed by atoms with Crippen LogP contribution in [0.3, 0.4) is 0 Å². The van der Waals surface area contributed by atoms with Crippen LogP contribution in [0.1, 0.15) is 25.7 Å². The Balaban J connectivity index is 1.52. The fraction of sp³-hybridized carbons (Fsp3) is 1.00. The molecule has 6 unspecified atom stereocenters. The Morgan fingerprint density at radius 2 is 1.40 bits per heavy atom. The molecule has 0 radical (unpaired) electrons. The number of ether oxygens (including phenoxy) is 3. The number of hydrogen-bond acceptors (Lipinski definition) is 3. The second-order valence-electron chi connectivity index (χ2n) is 5.50. The van der Waals surface area contributed by atoms with Crippen LogP contribution >= 0.6 is 0 Å². The lowest BCUT2D eigenvalue weighted by Gasteiger charge is -2.27. The standard InChI is InChI=1S/C12H18O3/c1-2-7-4-8(3-1)12-10(15-12)6-13-5-9-11(7)14-9/h7-12H,1-6H2. The Hall–Kier alpha value is -0.120. The molecule has 6 atom stereocenters. The van der Waals surface area contributed by atoms with E-state index in [9.17, 15) is 0 Å². The van der Waals surface area contributed by atoms with Crippen molar-refractivity contribution in [1.29, 1.82) is 0 Å². The van der Waals surface area contributed by atoms with E-state index in [1.54, 1.807) is 0 Å². The minimum absolute atomic E-state index is 0.407. The molecule has 3 heterocycles. The maximum atomic E-state index is 5.72. The molecular formula is C12H18O3. The quantitative estimate of drug-likeness (QED) is 0.566. The van der Waals surface area contributed by atoms with E-state index in [0.717, 1.165) is 25.0 Å². The van der Waals surface area contributed by atoms with Gasteiger partial charge in [-0.15, -0.1) is 0 Å². The van der Waals surface area contributed by atoms with Crippen molar-refractivity contribution in [1.82, 2.24) is 0 Å². The SMILES string of the molecule is C1CC2CC(C1)C1OC1COCC1OC21. The third-order valence-corrected chi connectivity index (χ3v) is 4.49. The van der Waals surface area contributed by atoms with Gasteiger partial charge >= 0.3 is 0 Å². The second kappa shape index (κ2) is 3.19. The van der Waals surface area contributed by atoms with Gasteiger partial charge in [0.05, 0.1) is 25.4 Å². The first-order valence-electron chi connectivity index (χ1n) is 6.30. The fourth-order valence-corrected chi connectivity index (χ4v) is 3.57. The van der Waals surface area contributed by atoms with Crippen LogP contribution in [0.25, 0.3) is 0 Å². The van der Waals surface area contributed by atoms with Crippen molar-refractivity contribution in [3.8, 4) is 0 Å². The maximum Gasteiger partial charge on any atom is 0.108 e. The average Bonchev–Trinajstić information content (AvgIpc) is 3.11. The molecule has 2 bridgehead atoms. The fourth-order valence-electron chi connectivity index (χ4n) is 3.57. The molecule has 3 saturated heterocycles. The van der Waals surface area contributed by atoms with Gasteiger partial charge in [-0.2, -0.15) is 0 Å². The minimum atomic E-state index is 0.407. The van der Waals surface area contributed by atoms with Gasteiger partial charge in [0.25, 0.3) is 0 Å². The summed E-state index contributed by atoms with van der Waals surface area (Å²) in [7, 11) is 0. The van der Waals surface area contributed by atoms with Crippen molar-refractivity contribution >= 4 is 0 Å². The summed E-state index contributed by atoms with van der Waals surface area (Å²) in [5.41, 5.74) is 0. The molecule has 84 valence electrons. The van der Waals surface area contributed by atoms with Gasteiger partial charge in [0.2, 0.25) is 0 Å². The highest BCUT2D eigenvalue weighted by molar-refractivity contribution is 4.99. The van der Waals surface area contributed by atoms with Crippen molar-refractivity contribution in [2.75, 3.05) is 13.2 Å². The van der Waals surface area contributed by atoms with Crippen molar-refractivity contribution in [2.24, 2.45) is 11.8 Å². The van der Waals surface area contributed by atoms with Crippen LogP contribution in [-0.4, -0.2) is 37.6 Å². The van der Waals surface area contributed by atoms with E-state index in [1.165, 1.54) is 25.7 Å². The van der Waals surface area contributed by atoms with Gasteiger partial charge in [-0.1, -0.05) is 6.42 Å². The van der Waals surface area contributed by atoms with E-state index < -0.39 is 0 Å². The van der Waals surface area contributed by atoms with E-state index in [4.69, 9.17) is 14.2 Å². The third-order valence-electron chi connectivity index (χ3n) is 4.49. The molecule has 4 fully saturated rings. The molecule has 0 amide bonds. The van der Waals surface area contributed by atoms with Crippen molar-refractivity contribution in [3.05, 3.63) is 0 Å². The summed E-state index contributed by atoms with van der Waals surface area (Å²) >= 11 is 0. The zero-order chi connectivity index (χ0) is 9.83. The van der Waals surface area contributed by atoms with Gasteiger partial charge in [0, 0.05) is 0 Å². The molecule has 0 aromatic heterocycles. The molecule has 1 aliphatic carbocycles. The van der Waals surface area contributed by atoms with E-state index >= 15 is 0 Å². The van der Waals surface area contributed by atoms with Gasteiger partial charge in [-0.25, -0.2) is 0 Å². The first-order chi connectivity index (χ1) is 7.42. The van der Waals surface area contributed by atoms with Gasteiger partial charge in [-0.3, -0.25) is 0 Å². The topological polar surface area (TPSA) is 34.3 Å². The molecule has 0 N–H and O–H groups in total. The molecule has 0 aromatic rings. The largest absolute Gasteiger partial charge is 0.376 e. The number of hydrogen-bond donors (Lipinski definition) is 0. The summed E-state index contributed by atoms with van der Waals surface area (Å²) < 4.78 is 17.1. The lowest BCUT2D eigenvalue weighted by molar-refractivity contribution is 0.101. The molecule has 4 aliphatic rings. The van der Waals surface area contributed by atoms with Crippen LogP contribution in [0.5, 0.6) is 0 Å². The Labute approximate surface area is 90.1 Å². The second-order valence-corrected chi connectivity index (χ2v) is 5.50. The minimum Gasteiger partial charge on any atom is -0.376 e. The highest BCUT2D eigenvalue weighted by atomic mass is 16.6. The Kier molecular flexibility index (Phi) is 1.91. The smallest absolute Gasteiger partial charge is 0.108 e. The summed E-state index contributed by atoms with van der Waals surface area (Å²) in [5, 5.41) is 0. The number of fused-ring (bicyclic) bond motifs is 6. The van der Waals surface area contributed by atoms with Gasteiger partial charge in [0.15, 0.2) is 0 Å². The van der Waals surface area contributed by atoms with E-state index in [0.29, 0.717) is 24.4 Å². The average molecular weight is 210 g/mol. The molecule has 1 saturated carbocycles. The molecule has 15 heavy (non-hydrogen) atoms. The first-order valence-corrected chi connectivity index (χ1v) is 6.30. The maximum absolute atomic E-state index is 5.72. The predicted molar refractivity (Wildman–Crippen MR) is 53.6 cm³/mol. The summed E-state index contributed by atoms with van der Waals surface area (Å²) in [6.45, 7) is 1.58. The summed E-state index contributed by atoms with van der Waals surface area (Å²) in [6, 6.07) is 0. The van der Waals surface area contributed by atoms with E-state index in [-0.39, 0.29) is 0 Å². The zero-order valence-electron chi connectivity index (χ0n) is 8.93. The molecule has 3 aliphatic heterocycles. The Morgan fingerprint density at radius 3 is 2.00 bits per heavy atom. The number of epoxide rings is 2. The van der Waals surface area contributed by atoms with E-state index in [1.807, 2.05) is 0 Å². The molecule has 3 nitrogen and oxygen atoms in total. The molecule has 0 spiro atoms. The highest BCUT2D eigenvalue weighted by Crippen LogP contribution is 2.46. The van der Waals surface area contributed by atoms with Crippen LogP contribution in [0.15, 0.2) is 0 Å². The summed E-state index contributed by atoms with van der Waals surface area (Å²) in [4.78, 5) is 0. The number of rotatable bonds is 0. The Bertz CT molecular complexity index is 244. The lowest BCUT2D eigenvalue weighted by Crippen LogP contribution is -2.27. The monoisotopic (exact) mass is 210 g/mol. The van der Waals surface area contributed by atoms with Crippen molar-refractivity contribution in [2.45, 2.75) is 50.1 Å². The zero-order valence-corrected chi connectivity index (χ0v) is 8.93. The summed E-state index contributed by atoms with van der Waals surface area (Å²) in [5.74, 6) is 1.58. The van der Waals surface area contributed by atoms with E-state index in [2.05, 4.69) is 0 Å².